The molecule has 0 radical (unpaired) electrons. The predicted octanol–water partition coefficient (Wildman–Crippen LogP) is 1.66. The number of esters is 1. The van der Waals surface area contributed by atoms with Gasteiger partial charge in [-0.1, -0.05) is 13.8 Å². The number of thiophene rings is 1. The lowest BCUT2D eigenvalue weighted by atomic mass is 10.1. The van der Waals surface area contributed by atoms with E-state index in [0.29, 0.717) is 43.4 Å². The molecule has 8 heteroatoms. The fourth-order valence-electron chi connectivity index (χ4n) is 2.64. The third kappa shape index (κ3) is 5.27. The number of rotatable bonds is 6. The highest BCUT2D eigenvalue weighted by Crippen LogP contribution is 2.24. The van der Waals surface area contributed by atoms with Crippen LogP contribution in [0.3, 0.4) is 0 Å². The van der Waals surface area contributed by atoms with Crippen LogP contribution in [0, 0.1) is 5.92 Å². The number of piperazine rings is 1. The Kier molecular flexibility index (Phi) is 6.95. The van der Waals surface area contributed by atoms with Crippen molar-refractivity contribution in [1.29, 1.82) is 0 Å². The van der Waals surface area contributed by atoms with Crippen molar-refractivity contribution >= 4 is 34.1 Å². The molecular weight excluding hydrogens is 342 g/mol. The Balaban J connectivity index is 1.83. The molecule has 1 aromatic heterocycles. The highest BCUT2D eigenvalue weighted by atomic mass is 32.1. The second-order valence-electron chi connectivity index (χ2n) is 6.19. The van der Waals surface area contributed by atoms with Gasteiger partial charge in [0.15, 0.2) is 0 Å². The summed E-state index contributed by atoms with van der Waals surface area (Å²) in [6, 6.07) is 1.65. The summed E-state index contributed by atoms with van der Waals surface area (Å²) in [5.41, 5.74) is 0.382. The van der Waals surface area contributed by atoms with Crippen LogP contribution in [0.15, 0.2) is 11.4 Å². The van der Waals surface area contributed by atoms with Gasteiger partial charge < -0.3 is 15.0 Å². The van der Waals surface area contributed by atoms with Gasteiger partial charge in [-0.15, -0.1) is 11.3 Å². The molecule has 1 N–H and O–H groups in total. The Morgan fingerprint density at radius 2 is 1.92 bits per heavy atom. The number of amides is 2. The fraction of sp³-hybridized carbons (Fsp3) is 0.588. The zero-order chi connectivity index (χ0) is 18.4. The molecule has 7 nitrogen and oxygen atoms in total. The Labute approximate surface area is 151 Å². The normalized spacial score (nSPS) is 15.3. The summed E-state index contributed by atoms with van der Waals surface area (Å²) in [6.07, 6.45) is 0. The lowest BCUT2D eigenvalue weighted by Crippen LogP contribution is -2.51. The zero-order valence-electron chi connectivity index (χ0n) is 14.9. The van der Waals surface area contributed by atoms with Crippen LogP contribution in [0.4, 0.5) is 5.00 Å². The Bertz CT molecular complexity index is 621. The minimum absolute atomic E-state index is 0.00465. The lowest BCUT2D eigenvalue weighted by molar-refractivity contribution is -0.136. The van der Waals surface area contributed by atoms with Crippen molar-refractivity contribution in [3.63, 3.8) is 0 Å². The first-order valence-electron chi connectivity index (χ1n) is 8.48. The number of carbonyl (C=O) groups excluding carboxylic acids is 3. The first-order chi connectivity index (χ1) is 11.9. The van der Waals surface area contributed by atoms with Gasteiger partial charge >= 0.3 is 5.97 Å². The summed E-state index contributed by atoms with van der Waals surface area (Å²) < 4.78 is 4.98. The number of carbonyl (C=O) groups is 3. The van der Waals surface area contributed by atoms with Crippen molar-refractivity contribution < 1.29 is 19.1 Å². The molecule has 0 bridgehead atoms. The minimum Gasteiger partial charge on any atom is -0.462 e. The number of anilines is 1. The van der Waals surface area contributed by atoms with E-state index in [-0.39, 0.29) is 24.3 Å². The van der Waals surface area contributed by atoms with E-state index in [2.05, 4.69) is 5.32 Å². The summed E-state index contributed by atoms with van der Waals surface area (Å²) in [5.74, 6) is -0.451. The van der Waals surface area contributed by atoms with E-state index in [1.165, 1.54) is 11.3 Å². The Morgan fingerprint density at radius 3 is 2.52 bits per heavy atom. The van der Waals surface area contributed by atoms with Gasteiger partial charge in [-0.3, -0.25) is 14.5 Å². The molecule has 1 fully saturated rings. The summed E-state index contributed by atoms with van der Waals surface area (Å²) in [5, 5.41) is 5.05. The van der Waals surface area contributed by atoms with Crippen LogP contribution in [-0.4, -0.2) is 66.9 Å². The molecule has 1 aliphatic heterocycles. The van der Waals surface area contributed by atoms with Gasteiger partial charge in [-0.25, -0.2) is 4.79 Å². The second-order valence-corrected chi connectivity index (χ2v) is 7.10. The molecule has 0 unspecified atom stereocenters. The van der Waals surface area contributed by atoms with Crippen LogP contribution in [-0.2, 0) is 14.3 Å². The fourth-order valence-corrected chi connectivity index (χ4v) is 3.43. The molecule has 0 saturated carbocycles. The van der Waals surface area contributed by atoms with Crippen molar-refractivity contribution in [1.82, 2.24) is 9.80 Å². The Morgan fingerprint density at radius 1 is 1.24 bits per heavy atom. The average molecular weight is 367 g/mol. The minimum atomic E-state index is -0.431. The predicted molar refractivity (Wildman–Crippen MR) is 96.8 cm³/mol. The first kappa shape index (κ1) is 19.4. The van der Waals surface area contributed by atoms with Gasteiger partial charge in [-0.2, -0.15) is 0 Å². The van der Waals surface area contributed by atoms with Crippen molar-refractivity contribution in [3.05, 3.63) is 17.0 Å². The van der Waals surface area contributed by atoms with Crippen LogP contribution in [0.1, 0.15) is 31.1 Å². The van der Waals surface area contributed by atoms with Crippen LogP contribution in [0.2, 0.25) is 0 Å². The van der Waals surface area contributed by atoms with Crippen LogP contribution >= 0.6 is 11.3 Å². The number of nitrogens with zero attached hydrogens (tertiary/aromatic N) is 2. The molecule has 1 saturated heterocycles. The van der Waals surface area contributed by atoms with E-state index in [0.717, 1.165) is 0 Å². The molecule has 0 spiro atoms. The molecule has 2 heterocycles. The van der Waals surface area contributed by atoms with E-state index < -0.39 is 5.97 Å². The molecule has 2 amide bonds. The third-order valence-corrected chi connectivity index (χ3v) is 4.79. The third-order valence-electron chi connectivity index (χ3n) is 3.96. The highest BCUT2D eigenvalue weighted by Gasteiger charge is 2.24. The summed E-state index contributed by atoms with van der Waals surface area (Å²) in [6.45, 7) is 8.67. The molecule has 25 heavy (non-hydrogen) atoms. The van der Waals surface area contributed by atoms with Crippen molar-refractivity contribution in [3.8, 4) is 0 Å². The van der Waals surface area contributed by atoms with Crippen molar-refractivity contribution in [2.45, 2.75) is 20.8 Å². The standard InChI is InChI=1S/C17H25N3O4S/c1-4-24-17(23)13-5-10-25-15(13)18-14(21)11-19-6-8-20(9-7-19)16(22)12(2)3/h5,10,12H,4,6-9,11H2,1-3H3,(H,18,21). The molecule has 138 valence electrons. The molecule has 2 rings (SSSR count). The topological polar surface area (TPSA) is 79.0 Å². The summed E-state index contributed by atoms with van der Waals surface area (Å²) in [7, 11) is 0. The monoisotopic (exact) mass is 367 g/mol. The zero-order valence-corrected chi connectivity index (χ0v) is 15.7. The largest absolute Gasteiger partial charge is 0.462 e. The second kappa shape index (κ2) is 8.96. The van der Waals surface area contributed by atoms with E-state index in [1.807, 2.05) is 23.6 Å². The smallest absolute Gasteiger partial charge is 0.341 e. The van der Waals surface area contributed by atoms with E-state index in [1.54, 1.807) is 18.4 Å². The lowest BCUT2D eigenvalue weighted by Gasteiger charge is -2.35. The molecule has 1 aliphatic rings. The number of nitrogens with one attached hydrogen (secondary N) is 1. The molecular formula is C17H25N3O4S. The molecule has 0 aliphatic carbocycles. The van der Waals surface area contributed by atoms with Gasteiger partial charge in [0.1, 0.15) is 5.00 Å². The maximum atomic E-state index is 12.3. The van der Waals surface area contributed by atoms with Gasteiger partial charge in [0.25, 0.3) is 0 Å². The van der Waals surface area contributed by atoms with Crippen LogP contribution in [0.5, 0.6) is 0 Å². The van der Waals surface area contributed by atoms with Crippen LogP contribution < -0.4 is 5.32 Å². The number of hydrogen-bond donors (Lipinski definition) is 1. The van der Waals surface area contributed by atoms with E-state index in [9.17, 15) is 14.4 Å². The summed E-state index contributed by atoms with van der Waals surface area (Å²) >= 11 is 1.30. The van der Waals surface area contributed by atoms with Gasteiger partial charge in [0, 0.05) is 32.1 Å². The summed E-state index contributed by atoms with van der Waals surface area (Å²) in [4.78, 5) is 39.9. The highest BCUT2D eigenvalue weighted by molar-refractivity contribution is 7.14. The number of ether oxygens (including phenoxy) is 1. The SMILES string of the molecule is CCOC(=O)c1ccsc1NC(=O)CN1CCN(C(=O)C(C)C)CC1. The van der Waals surface area contributed by atoms with Gasteiger partial charge in [0.2, 0.25) is 11.8 Å². The maximum Gasteiger partial charge on any atom is 0.341 e. The van der Waals surface area contributed by atoms with Crippen LogP contribution in [0.25, 0.3) is 0 Å². The number of hydrogen-bond acceptors (Lipinski definition) is 6. The van der Waals surface area contributed by atoms with Crippen molar-refractivity contribution in [2.75, 3.05) is 44.6 Å². The average Bonchev–Trinajstić information content (AvgIpc) is 3.03. The quantitative estimate of drug-likeness (QED) is 0.774. The maximum absolute atomic E-state index is 12.3. The van der Waals surface area contributed by atoms with Gasteiger partial charge in [0.05, 0.1) is 18.7 Å². The molecule has 0 aromatic carbocycles. The molecule has 1 aromatic rings. The first-order valence-corrected chi connectivity index (χ1v) is 9.36. The molecule has 0 atom stereocenters. The van der Waals surface area contributed by atoms with E-state index >= 15 is 0 Å². The van der Waals surface area contributed by atoms with Gasteiger partial charge in [-0.05, 0) is 18.4 Å². The van der Waals surface area contributed by atoms with Crippen molar-refractivity contribution in [2.24, 2.45) is 5.92 Å². The van der Waals surface area contributed by atoms with E-state index in [4.69, 9.17) is 4.74 Å². The Hall–Kier alpha value is -1.93.